The molecule has 1 rings (SSSR count). The summed E-state index contributed by atoms with van der Waals surface area (Å²) in [5.74, 6) is -6.53. The van der Waals surface area contributed by atoms with Crippen LogP contribution in [0.4, 0.5) is 23.2 Å². The number of halogens is 4. The lowest BCUT2D eigenvalue weighted by atomic mass is 10.0. The largest absolute Gasteiger partial charge is 0.394 e. The van der Waals surface area contributed by atoms with Gasteiger partial charge in [0.2, 0.25) is 0 Å². The fraction of sp³-hybridized carbons (Fsp3) is 0.250. The zero-order chi connectivity index (χ0) is 11.7. The van der Waals surface area contributed by atoms with Crippen molar-refractivity contribution in [2.24, 2.45) is 11.5 Å². The second kappa shape index (κ2) is 4.03. The van der Waals surface area contributed by atoms with Crippen molar-refractivity contribution in [2.75, 3.05) is 12.3 Å². The monoisotopic (exact) mass is 223 g/mol. The summed E-state index contributed by atoms with van der Waals surface area (Å²) in [5.41, 5.74) is 12.9. The van der Waals surface area contributed by atoms with E-state index in [1.807, 2.05) is 0 Å². The molecule has 6 N–H and O–H groups in total. The zero-order valence-corrected chi connectivity index (χ0v) is 7.53. The first-order valence-corrected chi connectivity index (χ1v) is 3.98. The van der Waals surface area contributed by atoms with Gasteiger partial charge in [-0.3, -0.25) is 0 Å². The molecular weight excluding hydrogens is 214 g/mol. The summed E-state index contributed by atoms with van der Waals surface area (Å²) in [6.45, 7) is -0.351. The van der Waals surface area contributed by atoms with Crippen LogP contribution in [0.5, 0.6) is 0 Å². The van der Waals surface area contributed by atoms with Crippen LogP contribution < -0.4 is 17.2 Å². The highest BCUT2D eigenvalue weighted by molar-refractivity contribution is 5.46. The van der Waals surface area contributed by atoms with Gasteiger partial charge in [-0.1, -0.05) is 0 Å². The van der Waals surface area contributed by atoms with Crippen LogP contribution in [0.25, 0.3) is 0 Å². The second-order valence-electron chi connectivity index (χ2n) is 2.93. The first-order valence-electron chi connectivity index (χ1n) is 3.98. The summed E-state index contributed by atoms with van der Waals surface area (Å²) in [4.78, 5) is 0. The Labute approximate surface area is 82.8 Å². The number of rotatable bonds is 2. The third-order valence-electron chi connectivity index (χ3n) is 1.96. The smallest absolute Gasteiger partial charge is 0.185 e. The Hall–Kier alpha value is -1.34. The van der Waals surface area contributed by atoms with Crippen LogP contribution in [0.15, 0.2) is 0 Å². The number of benzene rings is 1. The van der Waals surface area contributed by atoms with Crippen molar-refractivity contribution in [1.82, 2.24) is 0 Å². The average Bonchev–Trinajstić information content (AvgIpc) is 2.23. The van der Waals surface area contributed by atoms with Crippen LogP contribution in [0.2, 0.25) is 0 Å². The fourth-order valence-corrected chi connectivity index (χ4v) is 1.11. The highest BCUT2D eigenvalue weighted by Crippen LogP contribution is 2.28. The minimum atomic E-state index is -1.66. The van der Waals surface area contributed by atoms with Gasteiger partial charge in [0.15, 0.2) is 23.3 Å². The van der Waals surface area contributed by atoms with Crippen LogP contribution >= 0.6 is 0 Å². The summed E-state index contributed by atoms with van der Waals surface area (Å²) in [5, 5.41) is 0. The molecule has 0 radical (unpaired) electrons. The predicted molar refractivity (Wildman–Crippen MR) is 46.7 cm³/mol. The first-order chi connectivity index (χ1) is 6.91. The molecule has 0 saturated carbocycles. The molecule has 7 heteroatoms. The van der Waals surface area contributed by atoms with Crippen LogP contribution in [-0.4, -0.2) is 6.54 Å². The molecule has 0 spiro atoms. The Morgan fingerprint density at radius 2 is 1.33 bits per heavy atom. The molecule has 0 fully saturated rings. The normalized spacial score (nSPS) is 12.9. The molecular formula is C8H9F4N3. The fourth-order valence-electron chi connectivity index (χ4n) is 1.11. The van der Waals surface area contributed by atoms with E-state index in [-0.39, 0.29) is 6.54 Å². The molecule has 0 amide bonds. The molecule has 1 atom stereocenters. The molecule has 0 saturated heterocycles. The summed E-state index contributed by atoms with van der Waals surface area (Å²) in [6.07, 6.45) is 0. The lowest BCUT2D eigenvalue weighted by Gasteiger charge is -2.13. The number of hydrogen-bond acceptors (Lipinski definition) is 3. The summed E-state index contributed by atoms with van der Waals surface area (Å²) in [6, 6.07) is -1.32. The maximum Gasteiger partial charge on any atom is 0.185 e. The van der Waals surface area contributed by atoms with Gasteiger partial charge in [0.05, 0.1) is 0 Å². The first kappa shape index (κ1) is 11.7. The Kier molecular flexibility index (Phi) is 3.15. The van der Waals surface area contributed by atoms with Crippen LogP contribution in [0.1, 0.15) is 11.6 Å². The Morgan fingerprint density at radius 1 is 0.933 bits per heavy atom. The maximum atomic E-state index is 13.1. The summed E-state index contributed by atoms with van der Waals surface area (Å²) < 4.78 is 52.1. The molecule has 1 aromatic carbocycles. The molecule has 1 aromatic rings. The minimum absolute atomic E-state index is 0.351. The topological polar surface area (TPSA) is 78.1 Å². The van der Waals surface area contributed by atoms with E-state index in [1.54, 1.807) is 0 Å². The molecule has 0 heterocycles. The summed E-state index contributed by atoms with van der Waals surface area (Å²) in [7, 11) is 0. The van der Waals surface area contributed by atoms with Crippen molar-refractivity contribution < 1.29 is 17.6 Å². The lowest BCUT2D eigenvalue weighted by molar-refractivity contribution is 0.433. The molecule has 84 valence electrons. The van der Waals surface area contributed by atoms with Crippen LogP contribution in [0.3, 0.4) is 0 Å². The minimum Gasteiger partial charge on any atom is -0.394 e. The van der Waals surface area contributed by atoms with Crippen molar-refractivity contribution >= 4 is 5.69 Å². The van der Waals surface area contributed by atoms with E-state index in [9.17, 15) is 17.6 Å². The third-order valence-corrected chi connectivity index (χ3v) is 1.96. The van der Waals surface area contributed by atoms with E-state index in [4.69, 9.17) is 17.2 Å². The zero-order valence-electron chi connectivity index (χ0n) is 7.53. The number of nitrogen functional groups attached to an aromatic ring is 1. The Balaban J connectivity index is 3.52. The van der Waals surface area contributed by atoms with Crippen LogP contribution in [0, 0.1) is 23.3 Å². The predicted octanol–water partition coefficient (Wildman–Crippen LogP) is 0.784. The number of nitrogens with two attached hydrogens (primary N) is 3. The SMILES string of the molecule is NC[C@@H](N)c1c(F)c(F)c(N)c(F)c1F. The van der Waals surface area contributed by atoms with Crippen LogP contribution in [-0.2, 0) is 0 Å². The molecule has 0 aliphatic heterocycles. The van der Waals surface area contributed by atoms with E-state index < -0.39 is 40.6 Å². The van der Waals surface area contributed by atoms with Gasteiger partial charge >= 0.3 is 0 Å². The highest BCUT2D eigenvalue weighted by atomic mass is 19.2. The van der Waals surface area contributed by atoms with E-state index in [0.717, 1.165) is 0 Å². The average molecular weight is 223 g/mol. The van der Waals surface area contributed by atoms with E-state index in [0.29, 0.717) is 0 Å². The highest BCUT2D eigenvalue weighted by Gasteiger charge is 2.26. The molecule has 0 bridgehead atoms. The number of anilines is 1. The molecule has 0 aromatic heterocycles. The number of hydrogen-bond donors (Lipinski definition) is 3. The molecule has 3 nitrogen and oxygen atoms in total. The van der Waals surface area contributed by atoms with Gasteiger partial charge in [-0.15, -0.1) is 0 Å². The van der Waals surface area contributed by atoms with Gasteiger partial charge in [0, 0.05) is 18.2 Å². The van der Waals surface area contributed by atoms with Crippen molar-refractivity contribution in [3.8, 4) is 0 Å². The van der Waals surface area contributed by atoms with Gasteiger partial charge in [0.1, 0.15) is 5.69 Å². The van der Waals surface area contributed by atoms with Gasteiger partial charge < -0.3 is 17.2 Å². The van der Waals surface area contributed by atoms with E-state index in [1.165, 1.54) is 0 Å². The standard InChI is InChI=1S/C8H9F4N3/c9-4-3(2(14)1-13)5(10)7(12)8(15)6(4)11/h2H,1,13-15H2/t2-/m1/s1. The van der Waals surface area contributed by atoms with Gasteiger partial charge in [-0.2, -0.15) is 0 Å². The van der Waals surface area contributed by atoms with Crippen molar-refractivity contribution in [1.29, 1.82) is 0 Å². The molecule has 0 unspecified atom stereocenters. The maximum absolute atomic E-state index is 13.1. The lowest BCUT2D eigenvalue weighted by Crippen LogP contribution is -2.25. The van der Waals surface area contributed by atoms with Gasteiger partial charge in [-0.25, -0.2) is 17.6 Å². The molecule has 0 aliphatic carbocycles. The Bertz CT molecular complexity index is 365. The van der Waals surface area contributed by atoms with Crippen molar-refractivity contribution in [3.63, 3.8) is 0 Å². The Morgan fingerprint density at radius 3 is 1.67 bits per heavy atom. The van der Waals surface area contributed by atoms with E-state index in [2.05, 4.69) is 0 Å². The van der Waals surface area contributed by atoms with Crippen molar-refractivity contribution in [3.05, 3.63) is 28.8 Å². The molecule has 0 aliphatic rings. The quantitative estimate of drug-likeness (QED) is 0.394. The van der Waals surface area contributed by atoms with Gasteiger partial charge in [-0.05, 0) is 0 Å². The van der Waals surface area contributed by atoms with E-state index >= 15 is 0 Å². The van der Waals surface area contributed by atoms with Crippen molar-refractivity contribution in [2.45, 2.75) is 6.04 Å². The van der Waals surface area contributed by atoms with Gasteiger partial charge in [0.25, 0.3) is 0 Å². The second-order valence-corrected chi connectivity index (χ2v) is 2.93. The third kappa shape index (κ3) is 1.75. The molecule has 15 heavy (non-hydrogen) atoms. The summed E-state index contributed by atoms with van der Waals surface area (Å²) >= 11 is 0.